The van der Waals surface area contributed by atoms with Crippen LogP contribution < -0.4 is 18.9 Å². The van der Waals surface area contributed by atoms with Crippen LogP contribution in [0.25, 0.3) is 5.57 Å². The summed E-state index contributed by atoms with van der Waals surface area (Å²) in [5.74, 6) is -2.22. The Morgan fingerprint density at radius 1 is 0.765 bits per heavy atom. The molecule has 20 nitrogen and oxygen atoms in total. The number of rotatable bonds is 22. The molecule has 3 amide bonds. The SMILES string of the molecule is COc1ccc(CN(C(=O)C2=C(c3ccc(CCCOc4c(F)ccc(F)c4Cl)cc3)CC3CC(C(=O)N4CCCC4COC(=O)Oc4cccc(CON(O)O)c4)CC2N3C(=O)Oc2cccc(CON(O)O)c2)C2CC2)cc1C. The van der Waals surface area contributed by atoms with E-state index in [1.165, 1.54) is 18.2 Å². The van der Waals surface area contributed by atoms with Gasteiger partial charge in [-0.2, -0.15) is 0 Å². The molecule has 3 fully saturated rings. The molecule has 4 N–H and O–H groups in total. The molecule has 4 unspecified atom stereocenters. The number of amides is 3. The number of piperidine rings is 1. The molecule has 4 aliphatic rings. The van der Waals surface area contributed by atoms with Crippen molar-refractivity contribution in [1.82, 2.24) is 25.5 Å². The molecule has 0 aromatic heterocycles. The highest BCUT2D eigenvalue weighted by Crippen LogP contribution is 2.47. The lowest BCUT2D eigenvalue weighted by Gasteiger charge is -2.50. The molecule has 1 saturated carbocycles. The number of methoxy groups -OCH3 is 1. The second kappa shape index (κ2) is 26.6. The smallest absolute Gasteiger partial charge is 0.496 e. The number of fused-ring (bicyclic) bond motifs is 2. The van der Waals surface area contributed by atoms with Gasteiger partial charge in [-0.25, -0.2) is 28.0 Å². The summed E-state index contributed by atoms with van der Waals surface area (Å²) < 4.78 is 56.7. The number of carbonyl (C=O) groups is 4. The van der Waals surface area contributed by atoms with Crippen molar-refractivity contribution < 1.29 is 82.1 Å². The number of nitrogens with zero attached hydrogens (tertiary/aromatic N) is 5. The number of likely N-dealkylation sites (tertiary alicyclic amines) is 1. The first-order valence-electron chi connectivity index (χ1n) is 26.5. The average molecular weight is 1140 g/mol. The van der Waals surface area contributed by atoms with E-state index in [-0.39, 0.29) is 87.3 Å². The summed E-state index contributed by atoms with van der Waals surface area (Å²) in [5, 5.41) is 34.9. The van der Waals surface area contributed by atoms with Crippen LogP contribution >= 0.6 is 11.6 Å². The lowest BCUT2D eigenvalue weighted by atomic mass is 9.73. The van der Waals surface area contributed by atoms with Crippen molar-refractivity contribution in [2.45, 2.75) is 109 Å². The standard InChI is InChI=1S/C58H62ClF2N5O15/c1-35-25-37(15-22-51(35)75-2)31-63(42-18-19-42)56(68)52-47(40-16-13-36(14-17-40)9-6-24-76-54-49(61)21-20-48(60)53(54)59)30-44-28-41(29-50(52)64(44)57(69)80-45-11-3-7-38(26-45)32-78-65(71)72)55(67)62-23-5-10-43(62)34-77-58(70)81-46-12-4-8-39(27-46)33-79-66(73)74/h3-4,7-8,11-17,20-22,25-27,41-44,50,71-74H,5-6,9-10,18-19,23-24,28-34H2,1-2H3. The van der Waals surface area contributed by atoms with Crippen LogP contribution in [-0.2, 0) is 50.2 Å². The van der Waals surface area contributed by atoms with E-state index in [1.807, 2.05) is 54.3 Å². The maximum atomic E-state index is 15.9. The molecule has 3 aliphatic heterocycles. The predicted octanol–water partition coefficient (Wildman–Crippen LogP) is 10.2. The van der Waals surface area contributed by atoms with Crippen molar-refractivity contribution in [2.75, 3.05) is 26.9 Å². The van der Waals surface area contributed by atoms with E-state index in [1.54, 1.807) is 47.2 Å². The summed E-state index contributed by atoms with van der Waals surface area (Å²) in [7, 11) is 1.59. The van der Waals surface area contributed by atoms with Crippen LogP contribution in [0.2, 0.25) is 5.02 Å². The minimum Gasteiger partial charge on any atom is -0.496 e. The number of aryl methyl sites for hydroxylation is 2. The lowest BCUT2D eigenvalue weighted by molar-refractivity contribution is -0.497. The molecule has 4 atom stereocenters. The van der Waals surface area contributed by atoms with Crippen molar-refractivity contribution in [3.8, 4) is 23.0 Å². The zero-order valence-electron chi connectivity index (χ0n) is 44.5. The molecule has 0 spiro atoms. The van der Waals surface area contributed by atoms with Crippen LogP contribution in [-0.4, -0.2) is 121 Å². The molecule has 1 aliphatic carbocycles. The minimum absolute atomic E-state index is 0.0381. The Hall–Kier alpha value is -7.25. The van der Waals surface area contributed by atoms with Gasteiger partial charge in [0.25, 0.3) is 5.91 Å². The molecule has 2 saturated heterocycles. The minimum atomic E-state index is -1.02. The highest BCUT2D eigenvalue weighted by Gasteiger charge is 2.52. The lowest BCUT2D eigenvalue weighted by Crippen LogP contribution is -2.60. The Bertz CT molecular complexity index is 3110. The van der Waals surface area contributed by atoms with Gasteiger partial charge in [0.15, 0.2) is 11.6 Å². The van der Waals surface area contributed by atoms with E-state index in [0.29, 0.717) is 60.3 Å². The Labute approximate surface area is 470 Å². The quantitative estimate of drug-likeness (QED) is 0.0166. The molecule has 9 rings (SSSR count). The van der Waals surface area contributed by atoms with Gasteiger partial charge >= 0.3 is 12.2 Å². The summed E-state index contributed by atoms with van der Waals surface area (Å²) >= 11 is 5.98. The maximum absolute atomic E-state index is 15.9. The highest BCUT2D eigenvalue weighted by atomic mass is 35.5. The third-order valence-corrected chi connectivity index (χ3v) is 15.2. The maximum Gasteiger partial charge on any atom is 0.513 e. The van der Waals surface area contributed by atoms with Crippen LogP contribution in [0.3, 0.4) is 0 Å². The molecule has 23 heteroatoms. The summed E-state index contributed by atoms with van der Waals surface area (Å²) in [6.45, 7) is 1.92. The van der Waals surface area contributed by atoms with Crippen LogP contribution in [0.1, 0.15) is 84.7 Å². The second-order valence-electron chi connectivity index (χ2n) is 20.3. The summed E-state index contributed by atoms with van der Waals surface area (Å²) in [6, 6.07) is 25.5. The van der Waals surface area contributed by atoms with E-state index < -0.39 is 63.7 Å². The fourth-order valence-corrected chi connectivity index (χ4v) is 11.1. The van der Waals surface area contributed by atoms with Crippen molar-refractivity contribution in [1.29, 1.82) is 0 Å². The fourth-order valence-electron chi connectivity index (χ4n) is 10.9. The number of halogens is 3. The van der Waals surface area contributed by atoms with Gasteiger partial charge in [-0.1, -0.05) is 72.3 Å². The molecular weight excluding hydrogens is 1080 g/mol. The number of hydrogen-bond donors (Lipinski definition) is 4. The average Bonchev–Trinajstić information content (AvgIpc) is 4.27. The molecule has 0 radical (unpaired) electrons. The van der Waals surface area contributed by atoms with Crippen molar-refractivity contribution in [3.05, 3.63) is 159 Å². The number of hydrogen-bond acceptors (Lipinski definition) is 17. The molecule has 2 bridgehead atoms. The molecule has 3 heterocycles. The molecule has 81 heavy (non-hydrogen) atoms. The van der Waals surface area contributed by atoms with Crippen LogP contribution in [0.4, 0.5) is 18.4 Å². The predicted molar refractivity (Wildman–Crippen MR) is 283 cm³/mol. The Kier molecular flexibility index (Phi) is 19.2. The third kappa shape index (κ3) is 14.6. The Morgan fingerprint density at radius 2 is 1.43 bits per heavy atom. The van der Waals surface area contributed by atoms with Gasteiger partial charge in [0, 0.05) is 36.7 Å². The monoisotopic (exact) mass is 1140 g/mol. The highest BCUT2D eigenvalue weighted by molar-refractivity contribution is 6.32. The van der Waals surface area contributed by atoms with E-state index in [4.69, 9.17) is 50.5 Å². The van der Waals surface area contributed by atoms with Gasteiger partial charge in [0.05, 0.1) is 49.8 Å². The molecule has 430 valence electrons. The number of carbonyl (C=O) groups excluding carboxylic acids is 4. The van der Waals surface area contributed by atoms with Gasteiger partial charge in [-0.15, -0.1) is 0 Å². The van der Waals surface area contributed by atoms with Crippen molar-refractivity contribution >= 4 is 41.2 Å². The first-order chi connectivity index (χ1) is 39.0. The van der Waals surface area contributed by atoms with Crippen LogP contribution in [0.15, 0.2) is 109 Å². The molecular formula is C58H62ClF2N5O15. The van der Waals surface area contributed by atoms with Crippen molar-refractivity contribution in [2.24, 2.45) is 5.92 Å². The van der Waals surface area contributed by atoms with E-state index in [9.17, 15) is 28.8 Å². The Morgan fingerprint density at radius 3 is 2.09 bits per heavy atom. The number of benzene rings is 5. The Balaban J connectivity index is 1.02. The molecule has 5 aromatic carbocycles. The van der Waals surface area contributed by atoms with Crippen LogP contribution in [0, 0.1) is 24.5 Å². The van der Waals surface area contributed by atoms with Crippen molar-refractivity contribution in [3.63, 3.8) is 0 Å². The second-order valence-corrected chi connectivity index (χ2v) is 20.7. The van der Waals surface area contributed by atoms with E-state index >= 15 is 9.59 Å². The zero-order valence-corrected chi connectivity index (χ0v) is 45.2. The third-order valence-electron chi connectivity index (χ3n) is 14.9. The summed E-state index contributed by atoms with van der Waals surface area (Å²) in [5.41, 5.74) is 5.34. The van der Waals surface area contributed by atoms with E-state index in [2.05, 4.69) is 4.84 Å². The van der Waals surface area contributed by atoms with Crippen LogP contribution in [0.5, 0.6) is 23.0 Å². The van der Waals surface area contributed by atoms with Gasteiger partial charge < -0.3 is 33.5 Å². The summed E-state index contributed by atoms with van der Waals surface area (Å²) in [4.78, 5) is 73.5. The first-order valence-corrected chi connectivity index (χ1v) is 26.9. The largest absolute Gasteiger partial charge is 0.513 e. The molecule has 5 aromatic rings. The number of ether oxygens (including phenoxy) is 5. The van der Waals surface area contributed by atoms with E-state index in [0.717, 1.165) is 47.2 Å². The van der Waals surface area contributed by atoms with Gasteiger partial charge in [-0.05, 0) is 146 Å². The van der Waals surface area contributed by atoms with Gasteiger partial charge in [0.1, 0.15) is 34.7 Å². The van der Waals surface area contributed by atoms with Gasteiger partial charge in [0.2, 0.25) is 5.91 Å². The normalized spacial score (nSPS) is 18.8. The topological polar surface area (TPSA) is 230 Å². The van der Waals surface area contributed by atoms with Gasteiger partial charge in [-0.3, -0.25) is 35.3 Å². The summed E-state index contributed by atoms with van der Waals surface area (Å²) in [6.07, 6.45) is 2.20. The first kappa shape index (κ1) is 58.4. The zero-order chi connectivity index (χ0) is 57.3. The fraction of sp³-hybridized carbons (Fsp3) is 0.379.